The smallest absolute Gasteiger partial charge is 0.0409 e. The molecule has 0 saturated carbocycles. The summed E-state index contributed by atoms with van der Waals surface area (Å²) in [6.45, 7) is 5.58. The van der Waals surface area contributed by atoms with Crippen molar-refractivity contribution in [3.8, 4) is 0 Å². The zero-order valence-corrected chi connectivity index (χ0v) is 11.5. The highest BCUT2D eigenvalue weighted by Gasteiger charge is 1.93. The van der Waals surface area contributed by atoms with Crippen molar-refractivity contribution < 1.29 is 0 Å². The maximum atomic E-state index is 5.88. The molecule has 0 spiro atoms. The second-order valence-corrected chi connectivity index (χ2v) is 4.76. The minimum atomic E-state index is 0. The van der Waals surface area contributed by atoms with Gasteiger partial charge < -0.3 is 5.32 Å². The molecule has 0 aliphatic rings. The molecule has 16 heavy (non-hydrogen) atoms. The van der Waals surface area contributed by atoms with Crippen LogP contribution >= 0.6 is 35.8 Å². The lowest BCUT2D eigenvalue weighted by Crippen LogP contribution is -2.16. The largest absolute Gasteiger partial charge is 0.312 e. The van der Waals surface area contributed by atoms with E-state index in [9.17, 15) is 0 Å². The van der Waals surface area contributed by atoms with E-state index in [-0.39, 0.29) is 12.4 Å². The molecule has 0 fully saturated rings. The van der Waals surface area contributed by atoms with E-state index in [0.29, 0.717) is 0 Å². The third-order valence-corrected chi connectivity index (χ3v) is 3.08. The molecule has 4 heteroatoms. The average molecular weight is 278 g/mol. The molecule has 1 N–H and O–H groups in total. The van der Waals surface area contributed by atoms with Crippen LogP contribution in [-0.4, -0.2) is 18.1 Å². The molecule has 0 saturated heterocycles. The Morgan fingerprint density at radius 2 is 2.25 bits per heavy atom. The molecule has 0 aliphatic heterocycles. The van der Waals surface area contributed by atoms with Gasteiger partial charge in [0.1, 0.15) is 0 Å². The quantitative estimate of drug-likeness (QED) is 0.602. The summed E-state index contributed by atoms with van der Waals surface area (Å²) < 4.78 is 0. The molecule has 0 amide bonds. The predicted octanol–water partition coefficient (Wildman–Crippen LogP) is 3.77. The summed E-state index contributed by atoms with van der Waals surface area (Å²) in [5, 5.41) is 4.18. The Balaban J connectivity index is 0.00000225. The highest BCUT2D eigenvalue weighted by atomic mass is 35.5. The molecule has 1 nitrogen and oxygen atoms in total. The minimum absolute atomic E-state index is 0. The number of hydrogen-bond donors (Lipinski definition) is 1. The Morgan fingerprint density at radius 3 is 2.94 bits per heavy atom. The molecule has 0 radical (unpaired) electrons. The second kappa shape index (κ2) is 10.0. The number of benzene rings is 1. The van der Waals surface area contributed by atoms with E-state index < -0.39 is 0 Å². The first-order chi connectivity index (χ1) is 7.33. The fraction of sp³-hybridized carbons (Fsp3) is 0.333. The Bertz CT molecular complexity index is 305. The van der Waals surface area contributed by atoms with Crippen LogP contribution in [0.1, 0.15) is 5.56 Å². The van der Waals surface area contributed by atoms with Crippen molar-refractivity contribution in [1.29, 1.82) is 0 Å². The monoisotopic (exact) mass is 277 g/mol. The summed E-state index contributed by atoms with van der Waals surface area (Å²) >= 11 is 7.77. The summed E-state index contributed by atoms with van der Waals surface area (Å²) in [7, 11) is 0. The van der Waals surface area contributed by atoms with Crippen LogP contribution in [0.2, 0.25) is 5.02 Å². The maximum absolute atomic E-state index is 5.88. The highest BCUT2D eigenvalue weighted by molar-refractivity contribution is 7.99. The van der Waals surface area contributed by atoms with Gasteiger partial charge >= 0.3 is 0 Å². The van der Waals surface area contributed by atoms with Crippen molar-refractivity contribution in [2.24, 2.45) is 0 Å². The Hall–Kier alpha value is -0.150. The standard InChI is InChI=1S/C12H16ClNS.ClH/c1-2-7-15-8-6-14-10-11-4-3-5-12(13)9-11;/h2-5,9,14H,1,6-8,10H2;1H. The topological polar surface area (TPSA) is 12.0 Å². The van der Waals surface area contributed by atoms with E-state index in [2.05, 4.69) is 18.0 Å². The number of rotatable bonds is 7. The van der Waals surface area contributed by atoms with E-state index in [1.807, 2.05) is 36.0 Å². The average Bonchev–Trinajstić information content (AvgIpc) is 2.23. The molecule has 0 unspecified atom stereocenters. The lowest BCUT2D eigenvalue weighted by atomic mass is 10.2. The predicted molar refractivity (Wildman–Crippen MR) is 77.9 cm³/mol. The maximum Gasteiger partial charge on any atom is 0.0409 e. The zero-order valence-electron chi connectivity index (χ0n) is 9.12. The van der Waals surface area contributed by atoms with Gasteiger partial charge in [0.15, 0.2) is 0 Å². The zero-order chi connectivity index (χ0) is 10.9. The summed E-state index contributed by atoms with van der Waals surface area (Å²) in [4.78, 5) is 0. The summed E-state index contributed by atoms with van der Waals surface area (Å²) in [5.74, 6) is 2.14. The van der Waals surface area contributed by atoms with Crippen LogP contribution in [0.4, 0.5) is 0 Å². The first-order valence-corrected chi connectivity index (χ1v) is 6.50. The van der Waals surface area contributed by atoms with Gasteiger partial charge in [-0.2, -0.15) is 11.8 Å². The van der Waals surface area contributed by atoms with E-state index in [4.69, 9.17) is 11.6 Å². The third-order valence-electron chi connectivity index (χ3n) is 1.88. The fourth-order valence-corrected chi connectivity index (χ4v) is 2.03. The van der Waals surface area contributed by atoms with Gasteiger partial charge in [0.25, 0.3) is 0 Å². The van der Waals surface area contributed by atoms with Crippen molar-refractivity contribution in [2.75, 3.05) is 18.1 Å². The molecule has 0 atom stereocenters. The van der Waals surface area contributed by atoms with Gasteiger partial charge in [0.05, 0.1) is 0 Å². The molecule has 1 rings (SSSR count). The van der Waals surface area contributed by atoms with Crippen LogP contribution in [0, 0.1) is 0 Å². The molecule has 0 heterocycles. The lowest BCUT2D eigenvalue weighted by Gasteiger charge is -2.04. The van der Waals surface area contributed by atoms with Crippen molar-refractivity contribution >= 4 is 35.8 Å². The molecular formula is C12H17Cl2NS. The van der Waals surface area contributed by atoms with Crippen LogP contribution in [0.3, 0.4) is 0 Å². The summed E-state index contributed by atoms with van der Waals surface area (Å²) in [6.07, 6.45) is 1.93. The first-order valence-electron chi connectivity index (χ1n) is 4.96. The van der Waals surface area contributed by atoms with Crippen molar-refractivity contribution in [3.05, 3.63) is 47.5 Å². The summed E-state index contributed by atoms with van der Waals surface area (Å²) in [5.41, 5.74) is 1.23. The third kappa shape index (κ3) is 7.18. The van der Waals surface area contributed by atoms with Gasteiger partial charge in [-0.25, -0.2) is 0 Å². The number of halogens is 2. The first kappa shape index (κ1) is 15.9. The number of thioether (sulfide) groups is 1. The van der Waals surface area contributed by atoms with Crippen molar-refractivity contribution in [3.63, 3.8) is 0 Å². The van der Waals surface area contributed by atoms with Gasteiger partial charge in [0, 0.05) is 29.6 Å². The second-order valence-electron chi connectivity index (χ2n) is 3.17. The van der Waals surface area contributed by atoms with Gasteiger partial charge in [-0.1, -0.05) is 29.8 Å². The molecule has 0 aliphatic carbocycles. The lowest BCUT2D eigenvalue weighted by molar-refractivity contribution is 0.732. The van der Waals surface area contributed by atoms with Gasteiger partial charge in [-0.15, -0.1) is 19.0 Å². The van der Waals surface area contributed by atoms with Crippen LogP contribution in [0.5, 0.6) is 0 Å². The SMILES string of the molecule is C=CCSCCNCc1cccc(Cl)c1.Cl. The minimum Gasteiger partial charge on any atom is -0.312 e. The Morgan fingerprint density at radius 1 is 1.44 bits per heavy atom. The normalized spacial score (nSPS) is 9.56. The number of hydrogen-bond acceptors (Lipinski definition) is 2. The van der Waals surface area contributed by atoms with E-state index in [1.165, 1.54) is 5.56 Å². The molecule has 90 valence electrons. The Labute approximate surface area is 113 Å². The molecule has 1 aromatic carbocycles. The fourth-order valence-electron chi connectivity index (χ4n) is 1.19. The van der Waals surface area contributed by atoms with Gasteiger partial charge in [-0.05, 0) is 17.7 Å². The van der Waals surface area contributed by atoms with E-state index in [0.717, 1.165) is 29.6 Å². The molecule has 0 aromatic heterocycles. The number of nitrogens with one attached hydrogen (secondary N) is 1. The van der Waals surface area contributed by atoms with Crippen LogP contribution in [-0.2, 0) is 6.54 Å². The van der Waals surface area contributed by atoms with Gasteiger partial charge in [0.2, 0.25) is 0 Å². The highest BCUT2D eigenvalue weighted by Crippen LogP contribution is 2.10. The van der Waals surface area contributed by atoms with Crippen molar-refractivity contribution in [1.82, 2.24) is 5.32 Å². The Kier molecular flexibility index (Phi) is 9.94. The molecule has 1 aromatic rings. The van der Waals surface area contributed by atoms with Crippen LogP contribution in [0.15, 0.2) is 36.9 Å². The molecule has 0 bridgehead atoms. The molecular weight excluding hydrogens is 261 g/mol. The van der Waals surface area contributed by atoms with E-state index in [1.54, 1.807) is 0 Å². The van der Waals surface area contributed by atoms with Crippen LogP contribution < -0.4 is 5.32 Å². The van der Waals surface area contributed by atoms with Crippen LogP contribution in [0.25, 0.3) is 0 Å². The van der Waals surface area contributed by atoms with Gasteiger partial charge in [-0.3, -0.25) is 0 Å². The van der Waals surface area contributed by atoms with Crippen molar-refractivity contribution in [2.45, 2.75) is 6.54 Å². The van der Waals surface area contributed by atoms with E-state index >= 15 is 0 Å². The summed E-state index contributed by atoms with van der Waals surface area (Å²) in [6, 6.07) is 7.94.